The Morgan fingerprint density at radius 1 is 1.06 bits per heavy atom. The van der Waals surface area contributed by atoms with Crippen LogP contribution in [0.1, 0.15) is 18.1 Å². The number of hydrogen-bond donors (Lipinski definition) is 1. The first-order chi connectivity index (χ1) is 16.8. The van der Waals surface area contributed by atoms with Crippen LogP contribution in [0.4, 0.5) is 5.69 Å². The van der Waals surface area contributed by atoms with Gasteiger partial charge in [-0.1, -0.05) is 18.2 Å². The number of amides is 2. The van der Waals surface area contributed by atoms with Crippen molar-refractivity contribution in [3.63, 3.8) is 0 Å². The average molecular weight is 478 g/mol. The lowest BCUT2D eigenvalue weighted by Gasteiger charge is -2.35. The number of fused-ring (bicyclic) bond motifs is 3. The second kappa shape index (κ2) is 8.42. The van der Waals surface area contributed by atoms with E-state index in [1.165, 1.54) is 4.90 Å². The molecule has 2 aromatic carbocycles. The number of ether oxygens (including phenoxy) is 2. The Hall–Kier alpha value is -3.85. The molecule has 0 aromatic heterocycles. The molecule has 182 valence electrons. The number of Topliss-reactive ketones (excluding diaryl/α,β-unsaturated/α-hetero) is 1. The van der Waals surface area contributed by atoms with Crippen molar-refractivity contribution in [2.24, 2.45) is 0 Å². The summed E-state index contributed by atoms with van der Waals surface area (Å²) in [5.74, 6) is -1.62. The maximum atomic E-state index is 14.1. The van der Waals surface area contributed by atoms with Crippen molar-refractivity contribution in [1.82, 2.24) is 9.80 Å². The summed E-state index contributed by atoms with van der Waals surface area (Å²) in [6.45, 7) is 3.51. The van der Waals surface area contributed by atoms with E-state index < -0.39 is 28.9 Å². The molecular weight excluding hydrogens is 450 g/mol. The maximum Gasteiger partial charge on any atom is 0.296 e. The summed E-state index contributed by atoms with van der Waals surface area (Å²) in [7, 11) is 3.70. The molecule has 9 nitrogen and oxygen atoms in total. The molecule has 2 aromatic rings. The predicted molar refractivity (Wildman–Crippen MR) is 128 cm³/mol. The van der Waals surface area contributed by atoms with Crippen LogP contribution in [-0.2, 0) is 19.9 Å². The number of rotatable bonds is 5. The third-order valence-corrected chi connectivity index (χ3v) is 6.71. The van der Waals surface area contributed by atoms with E-state index in [1.54, 1.807) is 47.4 Å². The fourth-order valence-electron chi connectivity index (χ4n) is 5.12. The number of carbonyl (C=O) groups excluding carboxylic acids is 3. The van der Waals surface area contributed by atoms with Gasteiger partial charge in [0.25, 0.3) is 17.6 Å². The summed E-state index contributed by atoms with van der Waals surface area (Å²) in [6, 6.07) is 11.9. The standard InChI is InChI=1S/C26H27N3O6/c1-4-28-18-8-6-5-7-17(18)26(25(28)33)21(23(31)24(32)29(26)12-11-27(2)3)22(30)16-9-10-19-20(15-16)35-14-13-34-19/h5-10,15,30H,4,11-14H2,1-3H3/b22-21-/t26-/m1/s1. The molecule has 1 saturated heterocycles. The molecule has 3 aliphatic rings. The van der Waals surface area contributed by atoms with Crippen molar-refractivity contribution in [3.05, 3.63) is 59.2 Å². The minimum absolute atomic E-state index is 0.132. The van der Waals surface area contributed by atoms with E-state index >= 15 is 0 Å². The Kier molecular flexibility index (Phi) is 5.52. The van der Waals surface area contributed by atoms with Crippen LogP contribution in [0, 0.1) is 0 Å². The average Bonchev–Trinajstić information content (AvgIpc) is 3.24. The van der Waals surface area contributed by atoms with Crippen LogP contribution >= 0.6 is 0 Å². The highest BCUT2D eigenvalue weighted by Gasteiger charge is 2.66. The number of aliphatic hydroxyl groups excluding tert-OH is 1. The van der Waals surface area contributed by atoms with Crippen molar-refractivity contribution in [1.29, 1.82) is 0 Å². The van der Waals surface area contributed by atoms with Crippen LogP contribution in [-0.4, -0.2) is 79.4 Å². The minimum Gasteiger partial charge on any atom is -0.507 e. The number of likely N-dealkylation sites (tertiary alicyclic amines) is 1. The number of aliphatic hydroxyl groups is 1. The van der Waals surface area contributed by atoms with Crippen LogP contribution in [0.2, 0.25) is 0 Å². The lowest BCUT2D eigenvalue weighted by molar-refractivity contribution is -0.143. The highest BCUT2D eigenvalue weighted by atomic mass is 16.6. The molecule has 3 heterocycles. The predicted octanol–water partition coefficient (Wildman–Crippen LogP) is 1.96. The van der Waals surface area contributed by atoms with E-state index in [-0.39, 0.29) is 17.7 Å². The number of carbonyl (C=O) groups is 3. The Balaban J connectivity index is 1.78. The summed E-state index contributed by atoms with van der Waals surface area (Å²) in [6.07, 6.45) is 0. The number of nitrogens with zero attached hydrogens (tertiary/aromatic N) is 3. The fraction of sp³-hybridized carbons (Fsp3) is 0.346. The van der Waals surface area contributed by atoms with E-state index in [0.29, 0.717) is 49.1 Å². The normalized spacial score (nSPS) is 22.5. The third kappa shape index (κ3) is 3.22. The quantitative estimate of drug-likeness (QED) is 0.399. The van der Waals surface area contributed by atoms with Crippen LogP contribution < -0.4 is 14.4 Å². The van der Waals surface area contributed by atoms with Crippen molar-refractivity contribution >= 4 is 29.0 Å². The first kappa shape index (κ1) is 22.9. The van der Waals surface area contributed by atoms with Gasteiger partial charge in [-0.25, -0.2) is 0 Å². The van der Waals surface area contributed by atoms with E-state index in [4.69, 9.17) is 9.47 Å². The first-order valence-corrected chi connectivity index (χ1v) is 11.6. The summed E-state index contributed by atoms with van der Waals surface area (Å²) >= 11 is 0. The zero-order chi connectivity index (χ0) is 24.9. The zero-order valence-electron chi connectivity index (χ0n) is 19.9. The number of ketones is 1. The second-order valence-electron chi connectivity index (χ2n) is 8.95. The molecule has 5 rings (SSSR count). The summed E-state index contributed by atoms with van der Waals surface area (Å²) < 4.78 is 11.2. The van der Waals surface area contributed by atoms with E-state index in [0.717, 1.165) is 0 Å². The Labute approximate surface area is 203 Å². The van der Waals surface area contributed by atoms with Crippen LogP contribution in [0.5, 0.6) is 11.5 Å². The largest absolute Gasteiger partial charge is 0.507 e. The van der Waals surface area contributed by atoms with Crippen LogP contribution in [0.3, 0.4) is 0 Å². The van der Waals surface area contributed by atoms with E-state index in [1.807, 2.05) is 25.9 Å². The van der Waals surface area contributed by atoms with Gasteiger partial charge in [0, 0.05) is 30.8 Å². The molecule has 1 fully saturated rings. The number of benzene rings is 2. The molecular formula is C26H27N3O6. The second-order valence-corrected chi connectivity index (χ2v) is 8.95. The molecule has 2 amide bonds. The smallest absolute Gasteiger partial charge is 0.296 e. The van der Waals surface area contributed by atoms with E-state index in [9.17, 15) is 19.5 Å². The van der Waals surface area contributed by atoms with Crippen LogP contribution in [0.25, 0.3) is 5.76 Å². The fourth-order valence-corrected chi connectivity index (χ4v) is 5.12. The van der Waals surface area contributed by atoms with Gasteiger partial charge in [0.05, 0.1) is 11.3 Å². The van der Waals surface area contributed by atoms with Gasteiger partial charge >= 0.3 is 0 Å². The Morgan fingerprint density at radius 2 is 1.77 bits per heavy atom. The summed E-state index contributed by atoms with van der Waals surface area (Å²) in [5, 5.41) is 11.5. The van der Waals surface area contributed by atoms with Gasteiger partial charge in [-0.2, -0.15) is 0 Å². The summed E-state index contributed by atoms with van der Waals surface area (Å²) in [5.41, 5.74) is -0.603. The minimum atomic E-state index is -1.76. The first-order valence-electron chi connectivity index (χ1n) is 11.6. The number of anilines is 1. The molecule has 0 saturated carbocycles. The van der Waals surface area contributed by atoms with Crippen molar-refractivity contribution in [2.75, 3.05) is 51.8 Å². The van der Waals surface area contributed by atoms with Gasteiger partial charge in [-0.15, -0.1) is 0 Å². The summed E-state index contributed by atoms with van der Waals surface area (Å²) in [4.78, 5) is 45.8. The van der Waals surface area contributed by atoms with Gasteiger partial charge in [-0.05, 0) is 45.3 Å². The molecule has 1 spiro atoms. The van der Waals surface area contributed by atoms with E-state index in [2.05, 4.69) is 0 Å². The third-order valence-electron chi connectivity index (χ3n) is 6.71. The number of likely N-dealkylation sites (N-methyl/N-ethyl adjacent to an activating group) is 2. The van der Waals surface area contributed by atoms with Gasteiger partial charge in [0.15, 0.2) is 17.0 Å². The van der Waals surface area contributed by atoms with Gasteiger partial charge in [0.2, 0.25) is 0 Å². The van der Waals surface area contributed by atoms with Crippen molar-refractivity contribution < 1.29 is 29.0 Å². The zero-order valence-corrected chi connectivity index (χ0v) is 19.9. The van der Waals surface area contributed by atoms with Gasteiger partial charge < -0.3 is 29.3 Å². The highest BCUT2D eigenvalue weighted by Crippen LogP contribution is 2.53. The molecule has 3 aliphatic heterocycles. The monoisotopic (exact) mass is 477 g/mol. The van der Waals surface area contributed by atoms with Crippen molar-refractivity contribution in [3.8, 4) is 11.5 Å². The number of hydrogen-bond acceptors (Lipinski definition) is 7. The van der Waals surface area contributed by atoms with Gasteiger partial charge in [-0.3, -0.25) is 14.4 Å². The lowest BCUT2D eigenvalue weighted by atomic mass is 9.82. The molecule has 1 N–H and O–H groups in total. The molecule has 35 heavy (non-hydrogen) atoms. The molecule has 1 atom stereocenters. The lowest BCUT2D eigenvalue weighted by Crippen LogP contribution is -2.53. The Bertz CT molecular complexity index is 1270. The van der Waals surface area contributed by atoms with Gasteiger partial charge in [0.1, 0.15) is 19.0 Å². The van der Waals surface area contributed by atoms with Crippen molar-refractivity contribution in [2.45, 2.75) is 12.5 Å². The molecule has 0 bridgehead atoms. The molecule has 0 unspecified atom stereocenters. The maximum absolute atomic E-state index is 14.1. The van der Waals surface area contributed by atoms with Crippen LogP contribution in [0.15, 0.2) is 48.0 Å². The molecule has 9 heteroatoms. The molecule has 0 radical (unpaired) electrons. The molecule has 0 aliphatic carbocycles. The SMILES string of the molecule is CCN1C(=O)[C@]2(/C(=C(\O)c3ccc4c(c3)OCCO4)C(=O)C(=O)N2CCN(C)C)c2ccccc21. The number of para-hydroxylation sites is 1. The highest BCUT2D eigenvalue weighted by molar-refractivity contribution is 6.50. The topological polar surface area (TPSA) is 99.6 Å². The Morgan fingerprint density at radius 3 is 2.49 bits per heavy atom.